The summed E-state index contributed by atoms with van der Waals surface area (Å²) < 4.78 is 0. The fourth-order valence-corrected chi connectivity index (χ4v) is 3.65. The summed E-state index contributed by atoms with van der Waals surface area (Å²) in [5.41, 5.74) is 0.618. The summed E-state index contributed by atoms with van der Waals surface area (Å²) in [6.45, 7) is 2.63. The minimum atomic E-state index is 0.618. The van der Waals surface area contributed by atoms with Crippen molar-refractivity contribution in [1.82, 2.24) is 10.2 Å². The van der Waals surface area contributed by atoms with Gasteiger partial charge in [-0.05, 0) is 51.0 Å². The molecule has 0 aromatic carbocycles. The summed E-state index contributed by atoms with van der Waals surface area (Å²) in [4.78, 5) is 2.67. The van der Waals surface area contributed by atoms with Crippen molar-refractivity contribution in [1.29, 1.82) is 0 Å². The Morgan fingerprint density at radius 1 is 1.06 bits per heavy atom. The van der Waals surface area contributed by atoms with Gasteiger partial charge in [0.15, 0.2) is 0 Å². The minimum absolute atomic E-state index is 0.618. The first-order chi connectivity index (χ1) is 8.27. The standard InChI is InChI=1S/C15H28N2/c1-17(14-5-4-6-14)12-15(9-2-3-10-15)11-16-13-7-8-13/h13-14,16H,2-12H2,1H3. The Balaban J connectivity index is 1.53. The number of hydrogen-bond donors (Lipinski definition) is 1. The second-order valence-electron chi connectivity index (χ2n) is 6.86. The lowest BCUT2D eigenvalue weighted by atomic mass is 9.83. The maximum Gasteiger partial charge on any atom is 0.00924 e. The number of nitrogens with one attached hydrogen (secondary N) is 1. The van der Waals surface area contributed by atoms with E-state index < -0.39 is 0 Å². The number of nitrogens with zero attached hydrogens (tertiary/aromatic N) is 1. The molecule has 0 aromatic heterocycles. The molecule has 0 saturated heterocycles. The van der Waals surface area contributed by atoms with Crippen LogP contribution in [0.25, 0.3) is 0 Å². The van der Waals surface area contributed by atoms with E-state index in [1.54, 1.807) is 0 Å². The molecule has 0 unspecified atom stereocenters. The Morgan fingerprint density at radius 2 is 1.76 bits per heavy atom. The molecule has 3 fully saturated rings. The van der Waals surface area contributed by atoms with Crippen molar-refractivity contribution < 1.29 is 0 Å². The van der Waals surface area contributed by atoms with Gasteiger partial charge in [-0.15, -0.1) is 0 Å². The van der Waals surface area contributed by atoms with Crippen LogP contribution in [0.1, 0.15) is 57.8 Å². The molecule has 0 spiro atoms. The van der Waals surface area contributed by atoms with Crippen LogP contribution in [-0.2, 0) is 0 Å². The van der Waals surface area contributed by atoms with Crippen LogP contribution in [0.5, 0.6) is 0 Å². The molecule has 3 aliphatic rings. The Bertz CT molecular complexity index is 250. The van der Waals surface area contributed by atoms with Gasteiger partial charge in [0.05, 0.1) is 0 Å². The molecule has 0 radical (unpaired) electrons. The fourth-order valence-electron chi connectivity index (χ4n) is 3.65. The van der Waals surface area contributed by atoms with E-state index in [1.165, 1.54) is 70.9 Å². The van der Waals surface area contributed by atoms with Crippen molar-refractivity contribution in [3.63, 3.8) is 0 Å². The van der Waals surface area contributed by atoms with Gasteiger partial charge >= 0.3 is 0 Å². The van der Waals surface area contributed by atoms with Crippen LogP contribution in [-0.4, -0.2) is 37.1 Å². The topological polar surface area (TPSA) is 15.3 Å². The predicted octanol–water partition coefficient (Wildman–Crippen LogP) is 2.78. The quantitative estimate of drug-likeness (QED) is 0.763. The fraction of sp³-hybridized carbons (Fsp3) is 1.00. The van der Waals surface area contributed by atoms with Crippen LogP contribution in [0.3, 0.4) is 0 Å². The molecule has 98 valence electrons. The second kappa shape index (κ2) is 4.89. The third-order valence-electron chi connectivity index (χ3n) is 5.29. The minimum Gasteiger partial charge on any atom is -0.313 e. The molecule has 2 heteroatoms. The highest BCUT2D eigenvalue weighted by Gasteiger charge is 2.38. The van der Waals surface area contributed by atoms with Crippen LogP contribution in [0.2, 0.25) is 0 Å². The van der Waals surface area contributed by atoms with E-state index in [-0.39, 0.29) is 0 Å². The van der Waals surface area contributed by atoms with E-state index >= 15 is 0 Å². The third kappa shape index (κ3) is 2.85. The van der Waals surface area contributed by atoms with Gasteiger partial charge in [-0.3, -0.25) is 0 Å². The largest absolute Gasteiger partial charge is 0.313 e. The molecular formula is C15H28N2. The Morgan fingerprint density at radius 3 is 2.29 bits per heavy atom. The van der Waals surface area contributed by atoms with Gasteiger partial charge in [0.1, 0.15) is 0 Å². The number of rotatable bonds is 6. The van der Waals surface area contributed by atoms with Gasteiger partial charge in [0.25, 0.3) is 0 Å². The van der Waals surface area contributed by atoms with Crippen molar-refractivity contribution >= 4 is 0 Å². The maximum atomic E-state index is 3.79. The first-order valence-electron chi connectivity index (χ1n) is 7.71. The summed E-state index contributed by atoms with van der Waals surface area (Å²) in [6, 6.07) is 1.79. The van der Waals surface area contributed by atoms with Crippen molar-refractivity contribution in [3.8, 4) is 0 Å². The average molecular weight is 236 g/mol. The van der Waals surface area contributed by atoms with Crippen molar-refractivity contribution in [2.24, 2.45) is 5.41 Å². The Kier molecular flexibility index (Phi) is 3.45. The van der Waals surface area contributed by atoms with Crippen LogP contribution in [0.15, 0.2) is 0 Å². The summed E-state index contributed by atoms with van der Waals surface area (Å²) in [7, 11) is 2.36. The summed E-state index contributed by atoms with van der Waals surface area (Å²) in [6.07, 6.45) is 13.1. The second-order valence-corrected chi connectivity index (χ2v) is 6.86. The van der Waals surface area contributed by atoms with Crippen LogP contribution < -0.4 is 5.32 Å². The molecule has 0 aromatic rings. The van der Waals surface area contributed by atoms with Crippen LogP contribution in [0, 0.1) is 5.41 Å². The zero-order chi connectivity index (χ0) is 11.7. The molecule has 2 nitrogen and oxygen atoms in total. The lowest BCUT2D eigenvalue weighted by molar-refractivity contribution is 0.0935. The van der Waals surface area contributed by atoms with E-state index in [0.717, 1.165) is 12.1 Å². The van der Waals surface area contributed by atoms with Crippen LogP contribution in [0.4, 0.5) is 0 Å². The lowest BCUT2D eigenvalue weighted by Crippen LogP contribution is -2.47. The number of hydrogen-bond acceptors (Lipinski definition) is 2. The molecular weight excluding hydrogens is 208 g/mol. The summed E-state index contributed by atoms with van der Waals surface area (Å²) in [5, 5.41) is 3.79. The molecule has 0 atom stereocenters. The van der Waals surface area contributed by atoms with E-state index in [2.05, 4.69) is 17.3 Å². The van der Waals surface area contributed by atoms with Gasteiger partial charge in [-0.2, -0.15) is 0 Å². The molecule has 0 aliphatic heterocycles. The third-order valence-corrected chi connectivity index (χ3v) is 5.29. The van der Waals surface area contributed by atoms with Crippen molar-refractivity contribution in [3.05, 3.63) is 0 Å². The highest BCUT2D eigenvalue weighted by atomic mass is 15.1. The van der Waals surface area contributed by atoms with E-state index in [4.69, 9.17) is 0 Å². The zero-order valence-electron chi connectivity index (χ0n) is 11.4. The molecule has 3 rings (SSSR count). The van der Waals surface area contributed by atoms with Gasteiger partial charge in [-0.25, -0.2) is 0 Å². The van der Waals surface area contributed by atoms with Crippen LogP contribution >= 0.6 is 0 Å². The van der Waals surface area contributed by atoms with Gasteiger partial charge in [0.2, 0.25) is 0 Å². The van der Waals surface area contributed by atoms with E-state index in [9.17, 15) is 0 Å². The van der Waals surface area contributed by atoms with Crippen molar-refractivity contribution in [2.45, 2.75) is 69.9 Å². The Hall–Kier alpha value is -0.0800. The highest BCUT2D eigenvalue weighted by molar-refractivity contribution is 4.93. The van der Waals surface area contributed by atoms with Crippen molar-refractivity contribution in [2.75, 3.05) is 20.1 Å². The summed E-state index contributed by atoms with van der Waals surface area (Å²) >= 11 is 0. The van der Waals surface area contributed by atoms with E-state index in [0.29, 0.717) is 5.41 Å². The monoisotopic (exact) mass is 236 g/mol. The first-order valence-corrected chi connectivity index (χ1v) is 7.71. The molecule has 0 bridgehead atoms. The first kappa shape index (κ1) is 12.0. The molecule has 3 saturated carbocycles. The highest BCUT2D eigenvalue weighted by Crippen LogP contribution is 2.40. The normalized spacial score (nSPS) is 28.6. The molecule has 0 heterocycles. The van der Waals surface area contributed by atoms with Gasteiger partial charge in [-0.1, -0.05) is 19.3 Å². The molecule has 17 heavy (non-hydrogen) atoms. The SMILES string of the molecule is CN(CC1(CNC2CC2)CCCC1)C1CCC1. The molecule has 3 aliphatic carbocycles. The predicted molar refractivity (Wildman–Crippen MR) is 72.2 cm³/mol. The molecule has 0 amide bonds. The van der Waals surface area contributed by atoms with Gasteiger partial charge < -0.3 is 10.2 Å². The summed E-state index contributed by atoms with van der Waals surface area (Å²) in [5.74, 6) is 0. The zero-order valence-corrected chi connectivity index (χ0v) is 11.4. The van der Waals surface area contributed by atoms with E-state index in [1.807, 2.05) is 0 Å². The maximum absolute atomic E-state index is 3.79. The van der Waals surface area contributed by atoms with Gasteiger partial charge in [0, 0.05) is 25.2 Å². The molecule has 1 N–H and O–H groups in total. The lowest BCUT2D eigenvalue weighted by Gasteiger charge is -2.41. The smallest absolute Gasteiger partial charge is 0.00924 e. The Labute approximate surface area is 106 Å². The average Bonchev–Trinajstić information content (AvgIpc) is 2.95.